The van der Waals surface area contributed by atoms with Crippen molar-refractivity contribution in [2.45, 2.75) is 31.7 Å². The van der Waals surface area contributed by atoms with Gasteiger partial charge in [-0.1, -0.05) is 0 Å². The van der Waals surface area contributed by atoms with Gasteiger partial charge in [-0.2, -0.15) is 0 Å². The lowest BCUT2D eigenvalue weighted by Gasteiger charge is -2.20. The highest BCUT2D eigenvalue weighted by Crippen LogP contribution is 2.21. The lowest BCUT2D eigenvalue weighted by Crippen LogP contribution is -2.42. The number of hydrogen-bond acceptors (Lipinski definition) is 3. The summed E-state index contributed by atoms with van der Waals surface area (Å²) >= 11 is 0. The highest BCUT2D eigenvalue weighted by atomic mass is 16.3. The van der Waals surface area contributed by atoms with Gasteiger partial charge >= 0.3 is 0 Å². The molecule has 2 rings (SSSR count). The molecular weight excluding hydrogens is 192 g/mol. The van der Waals surface area contributed by atoms with Gasteiger partial charge in [0.25, 0.3) is 0 Å². The molecule has 15 heavy (non-hydrogen) atoms. The fourth-order valence-electron chi connectivity index (χ4n) is 2.57. The van der Waals surface area contributed by atoms with Crippen LogP contribution in [0, 0.1) is 5.92 Å². The van der Waals surface area contributed by atoms with Crippen LogP contribution >= 0.6 is 0 Å². The van der Waals surface area contributed by atoms with Crippen molar-refractivity contribution in [3.63, 3.8) is 0 Å². The Labute approximate surface area is 90.6 Å². The zero-order valence-electron chi connectivity index (χ0n) is 9.11. The molecule has 1 amide bonds. The largest absolute Gasteiger partial charge is 0.396 e. The molecule has 4 heteroatoms. The second-order valence-corrected chi connectivity index (χ2v) is 4.60. The summed E-state index contributed by atoms with van der Waals surface area (Å²) in [6, 6.07) is 0.0675. The van der Waals surface area contributed by atoms with Crippen molar-refractivity contribution in [1.82, 2.24) is 10.2 Å². The summed E-state index contributed by atoms with van der Waals surface area (Å²) in [5.74, 6) is 0.785. The third-order valence-electron chi connectivity index (χ3n) is 3.49. The first-order valence-corrected chi connectivity index (χ1v) is 5.94. The average Bonchev–Trinajstić information content (AvgIpc) is 2.87. The first-order chi connectivity index (χ1) is 7.31. The lowest BCUT2D eigenvalue weighted by atomic mass is 10.1. The van der Waals surface area contributed by atoms with Gasteiger partial charge in [-0.3, -0.25) is 4.79 Å². The van der Waals surface area contributed by atoms with E-state index < -0.39 is 0 Å². The monoisotopic (exact) mass is 212 g/mol. The van der Waals surface area contributed by atoms with Gasteiger partial charge in [-0.25, -0.2) is 0 Å². The minimum absolute atomic E-state index is 0.0675. The predicted octanol–water partition coefficient (Wildman–Crippen LogP) is -0.0307. The molecule has 0 aliphatic carbocycles. The zero-order valence-corrected chi connectivity index (χ0v) is 9.11. The maximum absolute atomic E-state index is 12.0. The molecule has 2 atom stereocenters. The van der Waals surface area contributed by atoms with Crippen molar-refractivity contribution in [3.8, 4) is 0 Å². The summed E-state index contributed by atoms with van der Waals surface area (Å²) in [5, 5.41) is 12.1. The molecular formula is C11H20N2O2. The smallest absolute Gasteiger partial charge is 0.239 e. The van der Waals surface area contributed by atoms with Gasteiger partial charge < -0.3 is 15.3 Å². The number of carbonyl (C=O) groups is 1. The molecule has 2 fully saturated rings. The van der Waals surface area contributed by atoms with Crippen molar-refractivity contribution >= 4 is 5.91 Å². The van der Waals surface area contributed by atoms with Crippen LogP contribution in [0.15, 0.2) is 0 Å². The number of aliphatic hydroxyl groups excluding tert-OH is 1. The van der Waals surface area contributed by atoms with Crippen LogP contribution in [0.4, 0.5) is 0 Å². The summed E-state index contributed by atoms with van der Waals surface area (Å²) < 4.78 is 0. The Kier molecular flexibility index (Phi) is 3.59. The minimum Gasteiger partial charge on any atom is -0.396 e. The van der Waals surface area contributed by atoms with E-state index in [2.05, 4.69) is 5.32 Å². The Hall–Kier alpha value is -0.610. The number of nitrogens with zero attached hydrogens (tertiary/aromatic N) is 1. The fourth-order valence-corrected chi connectivity index (χ4v) is 2.57. The molecule has 2 saturated heterocycles. The summed E-state index contributed by atoms with van der Waals surface area (Å²) in [6.45, 7) is 2.94. The van der Waals surface area contributed by atoms with Crippen LogP contribution in [0.25, 0.3) is 0 Å². The van der Waals surface area contributed by atoms with Crippen LogP contribution in [0.1, 0.15) is 25.7 Å². The molecule has 0 radical (unpaired) electrons. The molecule has 1 unspecified atom stereocenters. The number of aliphatic hydroxyl groups is 1. The molecule has 2 heterocycles. The first kappa shape index (κ1) is 10.9. The number of nitrogens with one attached hydrogen (secondary N) is 1. The summed E-state index contributed by atoms with van der Waals surface area (Å²) in [5.41, 5.74) is 0. The van der Waals surface area contributed by atoms with Crippen molar-refractivity contribution in [1.29, 1.82) is 0 Å². The Morgan fingerprint density at radius 3 is 3.00 bits per heavy atom. The summed E-state index contributed by atoms with van der Waals surface area (Å²) in [7, 11) is 0. The van der Waals surface area contributed by atoms with Crippen molar-refractivity contribution < 1.29 is 9.90 Å². The Bertz CT molecular complexity index is 227. The van der Waals surface area contributed by atoms with E-state index in [1.54, 1.807) is 0 Å². The molecule has 4 nitrogen and oxygen atoms in total. The third kappa shape index (κ3) is 2.49. The number of likely N-dealkylation sites (tertiary alicyclic amines) is 1. The highest BCUT2D eigenvalue weighted by Gasteiger charge is 2.31. The van der Waals surface area contributed by atoms with Crippen LogP contribution in [0.5, 0.6) is 0 Å². The Morgan fingerprint density at radius 1 is 1.47 bits per heavy atom. The second kappa shape index (κ2) is 4.94. The molecule has 86 valence electrons. The quantitative estimate of drug-likeness (QED) is 0.690. The molecule has 2 N–H and O–H groups in total. The molecule has 0 aromatic rings. The van der Waals surface area contributed by atoms with E-state index in [9.17, 15) is 4.79 Å². The molecule has 0 bridgehead atoms. The molecule has 0 spiro atoms. The predicted molar refractivity (Wildman–Crippen MR) is 57.4 cm³/mol. The van der Waals surface area contributed by atoms with Gasteiger partial charge in [0.15, 0.2) is 0 Å². The number of hydrogen-bond donors (Lipinski definition) is 2. The standard InChI is InChI=1S/C11H20N2O2/c14-7-4-9-3-6-13(8-9)11(15)10-2-1-5-12-10/h9-10,12,14H,1-8H2/t9?,10-/m0/s1. The van der Waals surface area contributed by atoms with Gasteiger partial charge in [-0.15, -0.1) is 0 Å². The van der Waals surface area contributed by atoms with E-state index >= 15 is 0 Å². The zero-order chi connectivity index (χ0) is 10.7. The van der Waals surface area contributed by atoms with Crippen LogP contribution in [-0.4, -0.2) is 48.2 Å². The van der Waals surface area contributed by atoms with Gasteiger partial charge in [0.2, 0.25) is 5.91 Å². The summed E-state index contributed by atoms with van der Waals surface area (Å²) in [6.07, 6.45) is 3.99. The van der Waals surface area contributed by atoms with E-state index in [-0.39, 0.29) is 18.6 Å². The topological polar surface area (TPSA) is 52.6 Å². The Balaban J connectivity index is 1.81. The normalized spacial score (nSPS) is 31.1. The third-order valence-corrected chi connectivity index (χ3v) is 3.49. The van der Waals surface area contributed by atoms with Crippen LogP contribution in [0.2, 0.25) is 0 Å². The molecule has 2 aliphatic heterocycles. The Morgan fingerprint density at radius 2 is 2.33 bits per heavy atom. The fraction of sp³-hybridized carbons (Fsp3) is 0.909. The van der Waals surface area contributed by atoms with Crippen molar-refractivity contribution in [2.75, 3.05) is 26.2 Å². The SMILES string of the molecule is O=C([C@@H]1CCCN1)N1CCC(CCO)C1. The van der Waals surface area contributed by atoms with Crippen molar-refractivity contribution in [3.05, 3.63) is 0 Å². The van der Waals surface area contributed by atoms with Crippen molar-refractivity contribution in [2.24, 2.45) is 5.92 Å². The van der Waals surface area contributed by atoms with E-state index in [0.29, 0.717) is 5.92 Å². The van der Waals surface area contributed by atoms with Crippen LogP contribution in [-0.2, 0) is 4.79 Å². The van der Waals surface area contributed by atoms with Gasteiger partial charge in [-0.05, 0) is 38.1 Å². The molecule has 0 saturated carbocycles. The van der Waals surface area contributed by atoms with E-state index in [4.69, 9.17) is 5.11 Å². The molecule has 2 aliphatic rings. The maximum Gasteiger partial charge on any atom is 0.239 e. The van der Waals surface area contributed by atoms with Gasteiger partial charge in [0.1, 0.15) is 0 Å². The second-order valence-electron chi connectivity index (χ2n) is 4.60. The van der Waals surface area contributed by atoms with Gasteiger partial charge in [0.05, 0.1) is 6.04 Å². The molecule has 0 aromatic heterocycles. The maximum atomic E-state index is 12.0. The summed E-state index contributed by atoms with van der Waals surface area (Å²) in [4.78, 5) is 14.0. The molecule has 0 aromatic carbocycles. The first-order valence-electron chi connectivity index (χ1n) is 5.94. The van der Waals surface area contributed by atoms with Gasteiger partial charge in [0, 0.05) is 19.7 Å². The van der Waals surface area contributed by atoms with Crippen LogP contribution < -0.4 is 5.32 Å². The van der Waals surface area contributed by atoms with E-state index in [0.717, 1.165) is 45.3 Å². The number of carbonyl (C=O) groups excluding carboxylic acids is 1. The minimum atomic E-state index is 0.0675. The highest BCUT2D eigenvalue weighted by molar-refractivity contribution is 5.82. The van der Waals surface area contributed by atoms with E-state index in [1.165, 1.54) is 0 Å². The lowest BCUT2D eigenvalue weighted by molar-refractivity contribution is -0.132. The number of amides is 1. The average molecular weight is 212 g/mol. The number of rotatable bonds is 3. The van der Waals surface area contributed by atoms with Crippen LogP contribution in [0.3, 0.4) is 0 Å². The van der Waals surface area contributed by atoms with E-state index in [1.807, 2.05) is 4.90 Å².